The van der Waals surface area contributed by atoms with Crippen molar-refractivity contribution in [3.8, 4) is 0 Å². The number of carbonyl (C=O) groups is 4. The van der Waals surface area contributed by atoms with E-state index in [0.29, 0.717) is 18.9 Å². The van der Waals surface area contributed by atoms with Gasteiger partial charge in [0.15, 0.2) is 0 Å². The average Bonchev–Trinajstić information content (AvgIpc) is 3.36. The van der Waals surface area contributed by atoms with Crippen molar-refractivity contribution in [3.63, 3.8) is 0 Å². The van der Waals surface area contributed by atoms with Crippen LogP contribution in [0.2, 0.25) is 0 Å². The number of hydrogen-bond donors (Lipinski definition) is 2. The number of carbonyl (C=O) groups excluding carboxylic acids is 4. The smallest absolute Gasteiger partial charge is 0.289 e. The van der Waals surface area contributed by atoms with Gasteiger partial charge in [0, 0.05) is 18.5 Å². The first-order valence-corrected chi connectivity index (χ1v) is 10.4. The van der Waals surface area contributed by atoms with Crippen LogP contribution < -0.4 is 10.6 Å². The van der Waals surface area contributed by atoms with Crippen molar-refractivity contribution in [1.29, 1.82) is 0 Å². The van der Waals surface area contributed by atoms with Gasteiger partial charge in [0.05, 0.1) is 6.54 Å². The van der Waals surface area contributed by atoms with Gasteiger partial charge in [0.2, 0.25) is 17.6 Å². The summed E-state index contributed by atoms with van der Waals surface area (Å²) in [7, 11) is 0. The Bertz CT molecular complexity index is 596. The Morgan fingerprint density at radius 2 is 1.67 bits per heavy atom. The standard InChI is InChI=1S/C20H31N3O4/c1-13(14-6-3-2-4-7-14)20(27)23-11-5-8-16(23)18(25)21-12-17(24)19(26)22-15-9-10-15/h13-16H,2-12H2,1H3,(H,21,25)(H,22,26)/t13-,16-/m0/s1. The molecule has 2 N–H and O–H groups in total. The number of rotatable bonds is 7. The summed E-state index contributed by atoms with van der Waals surface area (Å²) in [6.07, 6.45) is 8.98. The summed E-state index contributed by atoms with van der Waals surface area (Å²) in [6, 6.07) is -0.413. The highest BCUT2D eigenvalue weighted by molar-refractivity contribution is 6.37. The van der Waals surface area contributed by atoms with Crippen LogP contribution in [0.5, 0.6) is 0 Å². The van der Waals surface area contributed by atoms with Crippen LogP contribution in [-0.2, 0) is 19.2 Å². The van der Waals surface area contributed by atoms with Gasteiger partial charge in [-0.25, -0.2) is 0 Å². The normalized spacial score (nSPS) is 24.3. The van der Waals surface area contributed by atoms with Crippen LogP contribution >= 0.6 is 0 Å². The fraction of sp³-hybridized carbons (Fsp3) is 0.800. The zero-order valence-electron chi connectivity index (χ0n) is 16.2. The predicted molar refractivity (Wildman–Crippen MR) is 99.7 cm³/mol. The second kappa shape index (κ2) is 8.85. The molecular weight excluding hydrogens is 346 g/mol. The van der Waals surface area contributed by atoms with E-state index in [0.717, 1.165) is 32.1 Å². The average molecular weight is 377 g/mol. The van der Waals surface area contributed by atoms with Gasteiger partial charge in [0.1, 0.15) is 6.04 Å². The molecule has 3 fully saturated rings. The van der Waals surface area contributed by atoms with E-state index in [4.69, 9.17) is 0 Å². The molecule has 2 atom stereocenters. The lowest BCUT2D eigenvalue weighted by Gasteiger charge is -2.32. The molecule has 0 radical (unpaired) electrons. The van der Waals surface area contributed by atoms with Crippen LogP contribution in [-0.4, -0.2) is 53.6 Å². The highest BCUT2D eigenvalue weighted by atomic mass is 16.2. The third kappa shape index (κ3) is 5.08. The third-order valence-corrected chi connectivity index (χ3v) is 6.17. The minimum Gasteiger partial charge on any atom is -0.347 e. The van der Waals surface area contributed by atoms with Crippen LogP contribution in [0.1, 0.15) is 64.7 Å². The van der Waals surface area contributed by atoms with Crippen molar-refractivity contribution >= 4 is 23.5 Å². The second-order valence-electron chi connectivity index (χ2n) is 8.27. The SMILES string of the molecule is C[C@H](C(=O)N1CCC[C@H]1C(=O)NCC(=O)C(=O)NC1CC1)C1CCCCC1. The van der Waals surface area contributed by atoms with E-state index in [9.17, 15) is 19.2 Å². The number of ketones is 1. The molecule has 3 aliphatic rings. The number of nitrogens with zero attached hydrogens (tertiary/aromatic N) is 1. The topological polar surface area (TPSA) is 95.6 Å². The summed E-state index contributed by atoms with van der Waals surface area (Å²) in [5.74, 6) is -1.21. The van der Waals surface area contributed by atoms with Gasteiger partial charge in [-0.3, -0.25) is 19.2 Å². The van der Waals surface area contributed by atoms with Gasteiger partial charge < -0.3 is 15.5 Å². The first-order chi connectivity index (χ1) is 13.0. The molecule has 1 saturated heterocycles. The van der Waals surface area contributed by atoms with Gasteiger partial charge in [0.25, 0.3) is 5.91 Å². The van der Waals surface area contributed by atoms with E-state index >= 15 is 0 Å². The molecule has 2 saturated carbocycles. The van der Waals surface area contributed by atoms with Gasteiger partial charge in [-0.1, -0.05) is 26.2 Å². The maximum atomic E-state index is 12.9. The van der Waals surface area contributed by atoms with E-state index in [1.54, 1.807) is 4.90 Å². The number of nitrogens with one attached hydrogen (secondary N) is 2. The highest BCUT2D eigenvalue weighted by Gasteiger charge is 2.38. The molecule has 0 bridgehead atoms. The Morgan fingerprint density at radius 3 is 2.33 bits per heavy atom. The molecular formula is C20H31N3O4. The number of likely N-dealkylation sites (tertiary alicyclic amines) is 1. The van der Waals surface area contributed by atoms with Crippen molar-refractivity contribution in [1.82, 2.24) is 15.5 Å². The zero-order chi connectivity index (χ0) is 19.4. The van der Waals surface area contributed by atoms with E-state index < -0.39 is 17.7 Å². The van der Waals surface area contributed by atoms with Crippen LogP contribution in [0.15, 0.2) is 0 Å². The third-order valence-electron chi connectivity index (χ3n) is 6.17. The molecule has 0 unspecified atom stereocenters. The van der Waals surface area contributed by atoms with E-state index in [2.05, 4.69) is 10.6 Å². The summed E-state index contributed by atoms with van der Waals surface area (Å²) in [4.78, 5) is 50.7. The molecule has 0 aromatic heterocycles. The monoisotopic (exact) mass is 377 g/mol. The molecule has 0 aromatic carbocycles. The Balaban J connectivity index is 1.50. The summed E-state index contributed by atoms with van der Waals surface area (Å²) in [6.45, 7) is 2.26. The molecule has 1 aliphatic heterocycles. The number of amides is 3. The Morgan fingerprint density at radius 1 is 0.963 bits per heavy atom. The molecule has 27 heavy (non-hydrogen) atoms. The quantitative estimate of drug-likeness (QED) is 0.651. The number of hydrogen-bond acceptors (Lipinski definition) is 4. The van der Waals surface area contributed by atoms with E-state index in [1.165, 1.54) is 19.3 Å². The van der Waals surface area contributed by atoms with Gasteiger partial charge >= 0.3 is 0 Å². The van der Waals surface area contributed by atoms with Crippen LogP contribution in [0.25, 0.3) is 0 Å². The predicted octanol–water partition coefficient (Wildman–Crippen LogP) is 1.16. The minimum atomic E-state index is -0.637. The minimum absolute atomic E-state index is 0.0531. The van der Waals surface area contributed by atoms with Gasteiger partial charge in [-0.2, -0.15) is 0 Å². The fourth-order valence-corrected chi connectivity index (χ4v) is 4.26. The highest BCUT2D eigenvalue weighted by Crippen LogP contribution is 2.32. The van der Waals surface area contributed by atoms with Crippen molar-refractivity contribution in [2.45, 2.75) is 76.8 Å². The summed E-state index contributed by atoms with van der Waals surface area (Å²) < 4.78 is 0. The largest absolute Gasteiger partial charge is 0.347 e. The van der Waals surface area contributed by atoms with Gasteiger partial charge in [-0.05, 0) is 44.4 Å². The van der Waals surface area contributed by atoms with Gasteiger partial charge in [-0.15, -0.1) is 0 Å². The summed E-state index contributed by atoms with van der Waals surface area (Å²) in [5, 5.41) is 5.18. The van der Waals surface area contributed by atoms with Crippen LogP contribution in [0, 0.1) is 11.8 Å². The maximum absolute atomic E-state index is 12.9. The lowest BCUT2D eigenvalue weighted by Crippen LogP contribution is -2.50. The molecule has 7 nitrogen and oxygen atoms in total. The molecule has 2 aliphatic carbocycles. The van der Waals surface area contributed by atoms with E-state index in [1.807, 2.05) is 6.92 Å². The first-order valence-electron chi connectivity index (χ1n) is 10.4. The Labute approximate surface area is 160 Å². The zero-order valence-corrected chi connectivity index (χ0v) is 16.2. The molecule has 3 amide bonds. The molecule has 7 heteroatoms. The van der Waals surface area contributed by atoms with E-state index in [-0.39, 0.29) is 30.3 Å². The Hall–Kier alpha value is -1.92. The molecule has 150 valence electrons. The first kappa shape index (κ1) is 19.8. The number of Topliss-reactive ketones (excluding diaryl/α,β-unsaturated/α-hetero) is 1. The van der Waals surface area contributed by atoms with Crippen molar-refractivity contribution in [2.75, 3.05) is 13.1 Å². The van der Waals surface area contributed by atoms with Crippen LogP contribution in [0.4, 0.5) is 0 Å². The lowest BCUT2D eigenvalue weighted by atomic mass is 9.80. The fourth-order valence-electron chi connectivity index (χ4n) is 4.26. The van der Waals surface area contributed by atoms with Crippen molar-refractivity contribution in [2.24, 2.45) is 11.8 Å². The second-order valence-corrected chi connectivity index (χ2v) is 8.27. The maximum Gasteiger partial charge on any atom is 0.289 e. The van der Waals surface area contributed by atoms with Crippen molar-refractivity contribution < 1.29 is 19.2 Å². The molecule has 0 spiro atoms. The molecule has 0 aromatic rings. The Kier molecular flexibility index (Phi) is 6.50. The summed E-state index contributed by atoms with van der Waals surface area (Å²) >= 11 is 0. The molecule has 3 rings (SSSR count). The molecule has 1 heterocycles. The lowest BCUT2D eigenvalue weighted by molar-refractivity contribution is -0.143. The van der Waals surface area contributed by atoms with Crippen LogP contribution in [0.3, 0.4) is 0 Å². The summed E-state index contributed by atoms with van der Waals surface area (Å²) in [5.41, 5.74) is 0. The van der Waals surface area contributed by atoms with Crippen molar-refractivity contribution in [3.05, 3.63) is 0 Å².